The molecule has 5 nitrogen and oxygen atoms in total. The Kier molecular flexibility index (Phi) is 3.65. The second-order valence-corrected chi connectivity index (χ2v) is 6.61. The average Bonchev–Trinajstić information content (AvgIpc) is 2.69. The first-order valence-electron chi connectivity index (χ1n) is 5.37. The lowest BCUT2D eigenvalue weighted by Crippen LogP contribution is -2.27. The first kappa shape index (κ1) is 12.7. The third kappa shape index (κ3) is 3.14. The Morgan fingerprint density at radius 2 is 2.18 bits per heavy atom. The van der Waals surface area contributed by atoms with Crippen LogP contribution in [0.3, 0.4) is 0 Å². The summed E-state index contributed by atoms with van der Waals surface area (Å²) in [5, 5.41) is 0.408. The highest BCUT2D eigenvalue weighted by atomic mass is 35.5. The van der Waals surface area contributed by atoms with Gasteiger partial charge < -0.3 is 0 Å². The molecule has 1 saturated heterocycles. The number of halogens is 1. The lowest BCUT2D eigenvalue weighted by Gasteiger charge is -2.13. The van der Waals surface area contributed by atoms with Gasteiger partial charge in [-0.2, -0.15) is 0 Å². The van der Waals surface area contributed by atoms with Crippen LogP contribution in [-0.2, 0) is 16.4 Å². The maximum Gasteiger partial charge on any atom is 0.211 e. The monoisotopic (exact) mass is 275 g/mol. The molecule has 0 N–H and O–H groups in total. The van der Waals surface area contributed by atoms with E-state index in [1.165, 1.54) is 10.6 Å². The zero-order valence-electron chi connectivity index (χ0n) is 9.50. The molecule has 7 heteroatoms. The van der Waals surface area contributed by atoms with Crippen LogP contribution in [0.4, 0.5) is 0 Å². The Morgan fingerprint density at radius 1 is 1.47 bits per heavy atom. The van der Waals surface area contributed by atoms with Gasteiger partial charge in [0, 0.05) is 25.5 Å². The van der Waals surface area contributed by atoms with Gasteiger partial charge in [0.1, 0.15) is 5.15 Å². The van der Waals surface area contributed by atoms with E-state index in [9.17, 15) is 8.42 Å². The van der Waals surface area contributed by atoms with Crippen molar-refractivity contribution in [2.75, 3.05) is 19.3 Å². The minimum absolute atomic E-state index is 0.277. The fraction of sp³-hybridized carbons (Fsp3) is 0.600. The molecule has 0 bridgehead atoms. The maximum absolute atomic E-state index is 11.4. The molecule has 1 aliphatic rings. The van der Waals surface area contributed by atoms with Crippen molar-refractivity contribution in [3.63, 3.8) is 0 Å². The first-order chi connectivity index (χ1) is 7.97. The molecule has 1 fully saturated rings. The number of hydrogen-bond donors (Lipinski definition) is 0. The van der Waals surface area contributed by atoms with Gasteiger partial charge in [-0.3, -0.25) is 4.98 Å². The van der Waals surface area contributed by atoms with Gasteiger partial charge >= 0.3 is 0 Å². The van der Waals surface area contributed by atoms with E-state index in [-0.39, 0.29) is 5.92 Å². The van der Waals surface area contributed by atoms with Crippen molar-refractivity contribution in [2.24, 2.45) is 5.92 Å². The molecular formula is C10H14ClN3O2S. The molecule has 94 valence electrons. The van der Waals surface area contributed by atoms with Crippen LogP contribution in [-0.4, -0.2) is 42.0 Å². The second kappa shape index (κ2) is 4.88. The van der Waals surface area contributed by atoms with Gasteiger partial charge in [-0.1, -0.05) is 11.6 Å². The molecular weight excluding hydrogens is 262 g/mol. The smallest absolute Gasteiger partial charge is 0.211 e. The van der Waals surface area contributed by atoms with Crippen molar-refractivity contribution < 1.29 is 8.42 Å². The molecule has 0 saturated carbocycles. The van der Waals surface area contributed by atoms with Crippen LogP contribution in [0.1, 0.15) is 12.1 Å². The summed E-state index contributed by atoms with van der Waals surface area (Å²) in [5.41, 5.74) is 0.745. The Hall–Kier alpha value is -0.720. The lowest BCUT2D eigenvalue weighted by atomic mass is 10.0. The van der Waals surface area contributed by atoms with Crippen molar-refractivity contribution in [2.45, 2.75) is 12.8 Å². The fourth-order valence-corrected chi connectivity index (χ4v) is 3.13. The van der Waals surface area contributed by atoms with E-state index >= 15 is 0 Å². The molecule has 2 heterocycles. The summed E-state index contributed by atoms with van der Waals surface area (Å²) in [6.07, 6.45) is 5.91. The zero-order chi connectivity index (χ0) is 12.5. The molecule has 1 atom stereocenters. The van der Waals surface area contributed by atoms with Crippen molar-refractivity contribution in [1.82, 2.24) is 14.3 Å². The molecule has 2 rings (SSSR count). The van der Waals surface area contributed by atoms with Crippen LogP contribution in [0.25, 0.3) is 0 Å². The van der Waals surface area contributed by atoms with Crippen LogP contribution in [0.15, 0.2) is 12.4 Å². The molecule has 1 aromatic rings. The van der Waals surface area contributed by atoms with E-state index in [0.29, 0.717) is 24.7 Å². The normalized spacial score (nSPS) is 21.9. The van der Waals surface area contributed by atoms with Crippen molar-refractivity contribution in [3.8, 4) is 0 Å². The number of sulfonamides is 1. The molecule has 0 aliphatic carbocycles. The van der Waals surface area contributed by atoms with Gasteiger partial charge in [-0.05, 0) is 18.8 Å². The SMILES string of the molecule is CS(=O)(=O)N1CCC(Cc2nccnc2Cl)C1. The largest absolute Gasteiger partial charge is 0.256 e. The van der Waals surface area contributed by atoms with E-state index in [1.807, 2.05) is 0 Å². The molecule has 0 aromatic carbocycles. The van der Waals surface area contributed by atoms with Crippen LogP contribution in [0.5, 0.6) is 0 Å². The quantitative estimate of drug-likeness (QED) is 0.824. The fourth-order valence-electron chi connectivity index (χ4n) is 2.03. The summed E-state index contributed by atoms with van der Waals surface area (Å²) in [6.45, 7) is 1.13. The van der Waals surface area contributed by atoms with Gasteiger partial charge in [-0.25, -0.2) is 17.7 Å². The highest BCUT2D eigenvalue weighted by Gasteiger charge is 2.29. The Bertz CT molecular complexity index is 506. The van der Waals surface area contributed by atoms with E-state index in [2.05, 4.69) is 9.97 Å². The van der Waals surface area contributed by atoms with Crippen LogP contribution < -0.4 is 0 Å². The lowest BCUT2D eigenvalue weighted by molar-refractivity contribution is 0.459. The van der Waals surface area contributed by atoms with E-state index in [4.69, 9.17) is 11.6 Å². The van der Waals surface area contributed by atoms with Gasteiger partial charge in [0.25, 0.3) is 0 Å². The third-order valence-electron chi connectivity index (χ3n) is 2.92. The number of rotatable bonds is 3. The predicted octanol–water partition coefficient (Wildman–Crippen LogP) is 0.954. The maximum atomic E-state index is 11.4. The minimum Gasteiger partial charge on any atom is -0.256 e. The Morgan fingerprint density at radius 3 is 2.76 bits per heavy atom. The standard InChI is InChI=1S/C10H14ClN3O2S/c1-17(15,16)14-5-2-8(7-14)6-9-10(11)13-4-3-12-9/h3-4,8H,2,5-7H2,1H3. The van der Waals surface area contributed by atoms with Gasteiger partial charge in [0.15, 0.2) is 0 Å². The summed E-state index contributed by atoms with van der Waals surface area (Å²) in [6, 6.07) is 0. The summed E-state index contributed by atoms with van der Waals surface area (Å²) in [5.74, 6) is 0.277. The number of hydrogen-bond acceptors (Lipinski definition) is 4. The number of nitrogens with zero attached hydrogens (tertiary/aromatic N) is 3. The summed E-state index contributed by atoms with van der Waals surface area (Å²) in [4.78, 5) is 8.13. The summed E-state index contributed by atoms with van der Waals surface area (Å²) < 4.78 is 24.2. The van der Waals surface area contributed by atoms with Crippen LogP contribution in [0, 0.1) is 5.92 Å². The second-order valence-electron chi connectivity index (χ2n) is 4.27. The van der Waals surface area contributed by atoms with E-state index in [0.717, 1.165) is 12.1 Å². The van der Waals surface area contributed by atoms with Gasteiger partial charge in [0.2, 0.25) is 10.0 Å². The highest BCUT2D eigenvalue weighted by Crippen LogP contribution is 2.23. The topological polar surface area (TPSA) is 63.2 Å². The molecule has 0 spiro atoms. The molecule has 17 heavy (non-hydrogen) atoms. The molecule has 1 aliphatic heterocycles. The van der Waals surface area contributed by atoms with Crippen LogP contribution >= 0.6 is 11.6 Å². The first-order valence-corrected chi connectivity index (χ1v) is 7.60. The van der Waals surface area contributed by atoms with Crippen molar-refractivity contribution in [3.05, 3.63) is 23.2 Å². The third-order valence-corrected chi connectivity index (χ3v) is 4.51. The highest BCUT2D eigenvalue weighted by molar-refractivity contribution is 7.88. The predicted molar refractivity (Wildman–Crippen MR) is 65.3 cm³/mol. The minimum atomic E-state index is -3.07. The van der Waals surface area contributed by atoms with E-state index in [1.54, 1.807) is 12.4 Å². The zero-order valence-corrected chi connectivity index (χ0v) is 11.1. The van der Waals surface area contributed by atoms with Gasteiger partial charge in [-0.15, -0.1) is 0 Å². The van der Waals surface area contributed by atoms with Crippen molar-refractivity contribution in [1.29, 1.82) is 0 Å². The van der Waals surface area contributed by atoms with Gasteiger partial charge in [0.05, 0.1) is 11.9 Å². The van der Waals surface area contributed by atoms with E-state index < -0.39 is 10.0 Å². The Balaban J connectivity index is 2.02. The van der Waals surface area contributed by atoms with Crippen molar-refractivity contribution >= 4 is 21.6 Å². The summed E-state index contributed by atoms with van der Waals surface area (Å²) >= 11 is 5.92. The molecule has 1 unspecified atom stereocenters. The Labute approximate surface area is 106 Å². The molecule has 1 aromatic heterocycles. The van der Waals surface area contributed by atoms with Crippen LogP contribution in [0.2, 0.25) is 5.15 Å². The average molecular weight is 276 g/mol. The summed E-state index contributed by atoms with van der Waals surface area (Å²) in [7, 11) is -3.07. The molecule has 0 amide bonds. The molecule has 0 radical (unpaired) electrons. The number of aromatic nitrogens is 2.